The Morgan fingerprint density at radius 2 is 2.03 bits per heavy atom. The lowest BCUT2D eigenvalue weighted by atomic mass is 9.74. The van der Waals surface area contributed by atoms with Crippen molar-refractivity contribution >= 4 is 11.9 Å². The topological polar surface area (TPSA) is 67.3 Å². The number of hydrogen-bond acceptors (Lipinski definition) is 5. The fraction of sp³-hybridized carbons (Fsp3) is 0.522. The van der Waals surface area contributed by atoms with Crippen molar-refractivity contribution in [2.75, 3.05) is 18.0 Å². The van der Waals surface area contributed by atoms with Gasteiger partial charge in [-0.25, -0.2) is 14.4 Å². The summed E-state index contributed by atoms with van der Waals surface area (Å²) in [5.74, 6) is 0.0908. The Bertz CT molecular complexity index is 927. The molecule has 2 aromatic rings. The largest absolute Gasteiger partial charge is 0.478 e. The molecule has 0 saturated carbocycles. The van der Waals surface area contributed by atoms with E-state index in [2.05, 4.69) is 29.0 Å². The maximum atomic E-state index is 13.9. The molecule has 1 amide bonds. The number of anilines is 1. The molecule has 2 heterocycles. The van der Waals surface area contributed by atoms with Crippen molar-refractivity contribution in [3.05, 3.63) is 47.5 Å². The first-order valence-electron chi connectivity index (χ1n) is 10.6. The normalized spacial score (nSPS) is 21.1. The van der Waals surface area contributed by atoms with Gasteiger partial charge in [-0.2, -0.15) is 0 Å². The lowest BCUT2D eigenvalue weighted by Gasteiger charge is -2.37. The van der Waals surface area contributed by atoms with Crippen LogP contribution < -0.4 is 15.0 Å². The number of para-hydroxylation sites is 1. The minimum atomic E-state index is -0.819. The second kappa shape index (κ2) is 8.20. The summed E-state index contributed by atoms with van der Waals surface area (Å²) in [6.07, 6.45) is 5.01. The highest BCUT2D eigenvalue weighted by molar-refractivity contribution is 5.81. The molecule has 2 atom stereocenters. The van der Waals surface area contributed by atoms with E-state index in [0.29, 0.717) is 0 Å². The smallest absolute Gasteiger partial charge is 0.261 e. The number of halogens is 1. The molecule has 0 bridgehead atoms. The number of ether oxygens (including phenoxy) is 1. The first-order chi connectivity index (χ1) is 14.3. The zero-order valence-corrected chi connectivity index (χ0v) is 17.8. The summed E-state index contributed by atoms with van der Waals surface area (Å²) < 4.78 is 19.4. The lowest BCUT2D eigenvalue weighted by Crippen LogP contribution is -2.42. The molecule has 1 N–H and O–H groups in total. The molecule has 160 valence electrons. The molecule has 1 aliphatic heterocycles. The SMILES string of the molecule is C[C@H](Oc1ccccc1F)C(=O)N[C@H]1CC(C)(C)Cc2nc(N3CCCC3)ncc21. The van der Waals surface area contributed by atoms with Crippen molar-refractivity contribution in [2.45, 2.75) is 58.6 Å². The van der Waals surface area contributed by atoms with E-state index < -0.39 is 11.9 Å². The van der Waals surface area contributed by atoms with Crippen molar-refractivity contribution in [1.29, 1.82) is 0 Å². The molecule has 1 aliphatic carbocycles. The molecular formula is C23H29FN4O2. The number of rotatable bonds is 5. The Morgan fingerprint density at radius 3 is 2.77 bits per heavy atom. The van der Waals surface area contributed by atoms with Crippen molar-refractivity contribution in [3.8, 4) is 5.75 Å². The van der Waals surface area contributed by atoms with Crippen LogP contribution in [0, 0.1) is 11.2 Å². The molecule has 0 radical (unpaired) electrons. The van der Waals surface area contributed by atoms with Gasteiger partial charge in [0.05, 0.1) is 11.7 Å². The zero-order chi connectivity index (χ0) is 21.3. The number of carbonyl (C=O) groups is 1. The molecule has 1 aromatic heterocycles. The Balaban J connectivity index is 1.51. The highest BCUT2D eigenvalue weighted by Crippen LogP contribution is 2.40. The third kappa shape index (κ3) is 4.40. The van der Waals surface area contributed by atoms with E-state index in [1.54, 1.807) is 19.1 Å². The van der Waals surface area contributed by atoms with E-state index in [0.717, 1.165) is 43.1 Å². The van der Waals surface area contributed by atoms with Gasteiger partial charge in [0.15, 0.2) is 17.7 Å². The zero-order valence-electron chi connectivity index (χ0n) is 17.8. The van der Waals surface area contributed by atoms with E-state index in [1.165, 1.54) is 25.0 Å². The maximum Gasteiger partial charge on any atom is 0.261 e. The van der Waals surface area contributed by atoms with Gasteiger partial charge in [0.25, 0.3) is 5.91 Å². The minimum Gasteiger partial charge on any atom is -0.478 e. The third-order valence-corrected chi connectivity index (χ3v) is 5.88. The summed E-state index contributed by atoms with van der Waals surface area (Å²) in [5, 5.41) is 3.08. The van der Waals surface area contributed by atoms with Gasteiger partial charge in [-0.15, -0.1) is 0 Å². The minimum absolute atomic E-state index is 0.00277. The van der Waals surface area contributed by atoms with E-state index in [4.69, 9.17) is 9.72 Å². The van der Waals surface area contributed by atoms with Crippen LogP contribution in [-0.2, 0) is 11.2 Å². The number of amides is 1. The van der Waals surface area contributed by atoms with E-state index in [9.17, 15) is 9.18 Å². The monoisotopic (exact) mass is 412 g/mol. The molecule has 2 aliphatic rings. The van der Waals surface area contributed by atoms with Gasteiger partial charge in [-0.1, -0.05) is 26.0 Å². The van der Waals surface area contributed by atoms with Crippen LogP contribution in [0.2, 0.25) is 0 Å². The number of hydrogen-bond donors (Lipinski definition) is 1. The highest BCUT2D eigenvalue weighted by Gasteiger charge is 2.35. The van der Waals surface area contributed by atoms with Crippen molar-refractivity contribution in [3.63, 3.8) is 0 Å². The Labute approximate surface area is 176 Å². The van der Waals surface area contributed by atoms with Gasteiger partial charge in [0.1, 0.15) is 0 Å². The number of fused-ring (bicyclic) bond motifs is 1. The van der Waals surface area contributed by atoms with Crippen LogP contribution in [0.5, 0.6) is 5.75 Å². The van der Waals surface area contributed by atoms with Crippen LogP contribution in [0.4, 0.5) is 10.3 Å². The molecule has 30 heavy (non-hydrogen) atoms. The van der Waals surface area contributed by atoms with Gasteiger partial charge in [0.2, 0.25) is 5.95 Å². The van der Waals surface area contributed by atoms with E-state index >= 15 is 0 Å². The average molecular weight is 413 g/mol. The summed E-state index contributed by atoms with van der Waals surface area (Å²) in [4.78, 5) is 24.5. The quantitative estimate of drug-likeness (QED) is 0.809. The molecule has 6 nitrogen and oxygen atoms in total. The number of aromatic nitrogens is 2. The molecule has 7 heteroatoms. The molecule has 0 unspecified atom stereocenters. The standard InChI is InChI=1S/C23H29FN4O2/c1-15(30-20-9-5-4-8-17(20)24)21(29)26-18-12-23(2,3)13-19-16(18)14-25-22(27-19)28-10-6-7-11-28/h4-5,8-9,14-15,18H,6-7,10-13H2,1-3H3,(H,26,29)/t15-,18-/m0/s1. The summed E-state index contributed by atoms with van der Waals surface area (Å²) in [5.41, 5.74) is 1.96. The Kier molecular flexibility index (Phi) is 5.62. The first-order valence-corrected chi connectivity index (χ1v) is 10.6. The van der Waals surface area contributed by atoms with Crippen LogP contribution in [-0.4, -0.2) is 35.1 Å². The number of nitrogens with zero attached hydrogens (tertiary/aromatic N) is 3. The summed E-state index contributed by atoms with van der Waals surface area (Å²) in [6.45, 7) is 7.99. The van der Waals surface area contributed by atoms with Crippen LogP contribution in [0.25, 0.3) is 0 Å². The second-order valence-electron chi connectivity index (χ2n) is 9.06. The highest BCUT2D eigenvalue weighted by atomic mass is 19.1. The van der Waals surface area contributed by atoms with Gasteiger partial charge in [0, 0.05) is 24.8 Å². The molecule has 1 saturated heterocycles. The predicted molar refractivity (Wildman–Crippen MR) is 113 cm³/mol. The summed E-state index contributed by atoms with van der Waals surface area (Å²) >= 11 is 0. The Hall–Kier alpha value is -2.70. The number of nitrogens with one attached hydrogen (secondary N) is 1. The van der Waals surface area contributed by atoms with Crippen LogP contribution >= 0.6 is 0 Å². The first kappa shape index (κ1) is 20.6. The second-order valence-corrected chi connectivity index (χ2v) is 9.06. The van der Waals surface area contributed by atoms with Crippen molar-refractivity contribution < 1.29 is 13.9 Å². The molecule has 1 fully saturated rings. The van der Waals surface area contributed by atoms with Gasteiger partial charge in [-0.3, -0.25) is 4.79 Å². The van der Waals surface area contributed by atoms with Crippen LogP contribution in [0.3, 0.4) is 0 Å². The van der Waals surface area contributed by atoms with E-state index in [1.807, 2.05) is 6.20 Å². The van der Waals surface area contributed by atoms with Gasteiger partial charge < -0.3 is 15.0 Å². The van der Waals surface area contributed by atoms with E-state index in [-0.39, 0.29) is 23.1 Å². The lowest BCUT2D eigenvalue weighted by molar-refractivity contribution is -0.128. The van der Waals surface area contributed by atoms with Crippen molar-refractivity contribution in [2.24, 2.45) is 5.41 Å². The van der Waals surface area contributed by atoms with Crippen LogP contribution in [0.1, 0.15) is 57.3 Å². The fourth-order valence-electron chi connectivity index (χ4n) is 4.31. The maximum absolute atomic E-state index is 13.9. The molecule has 4 rings (SSSR count). The van der Waals surface area contributed by atoms with Crippen LogP contribution in [0.15, 0.2) is 30.5 Å². The summed E-state index contributed by atoms with van der Waals surface area (Å²) in [6, 6.07) is 5.90. The third-order valence-electron chi connectivity index (χ3n) is 5.88. The summed E-state index contributed by atoms with van der Waals surface area (Å²) in [7, 11) is 0. The van der Waals surface area contributed by atoms with Gasteiger partial charge >= 0.3 is 0 Å². The van der Waals surface area contributed by atoms with Gasteiger partial charge in [-0.05, 0) is 50.2 Å². The average Bonchev–Trinajstić information content (AvgIpc) is 3.23. The molecular weight excluding hydrogens is 383 g/mol. The molecule has 0 spiro atoms. The van der Waals surface area contributed by atoms with Crippen molar-refractivity contribution in [1.82, 2.24) is 15.3 Å². The number of benzene rings is 1. The Morgan fingerprint density at radius 1 is 1.30 bits per heavy atom. The predicted octanol–water partition coefficient (Wildman–Crippen LogP) is 3.81. The number of carbonyl (C=O) groups excluding carboxylic acids is 1. The molecule has 1 aromatic carbocycles. The fourth-order valence-corrected chi connectivity index (χ4v) is 4.31.